The van der Waals surface area contributed by atoms with Gasteiger partial charge in [-0.05, 0) is 12.3 Å². The van der Waals surface area contributed by atoms with Crippen molar-refractivity contribution >= 4 is 17.8 Å². The molecule has 0 aliphatic carbocycles. The fourth-order valence-corrected chi connectivity index (χ4v) is 1.84. The molecular formula is C11H18N2O4. The molecule has 0 radical (unpaired) electrons. The summed E-state index contributed by atoms with van der Waals surface area (Å²) in [6.45, 7) is 3.82. The second-order valence-corrected chi connectivity index (χ2v) is 4.73. The van der Waals surface area contributed by atoms with E-state index in [9.17, 15) is 14.4 Å². The van der Waals surface area contributed by atoms with Gasteiger partial charge in [-0.25, -0.2) is 0 Å². The molecule has 6 heteroatoms. The van der Waals surface area contributed by atoms with Gasteiger partial charge in [-0.15, -0.1) is 0 Å². The monoisotopic (exact) mass is 242 g/mol. The van der Waals surface area contributed by atoms with E-state index in [1.165, 1.54) is 7.05 Å². The standard InChI is InChI=1S/C11H18N2O4/c1-6(2)4-8(11(16)17)12-7-5-9(14)13(3)10(7)15/h6-8,12H,4-5H2,1-3H3,(H,16,17). The minimum Gasteiger partial charge on any atom is -0.480 e. The highest BCUT2D eigenvalue weighted by molar-refractivity contribution is 6.05. The third kappa shape index (κ3) is 3.26. The van der Waals surface area contributed by atoms with Crippen molar-refractivity contribution in [3.63, 3.8) is 0 Å². The SMILES string of the molecule is CC(C)CC(NC1CC(=O)N(C)C1=O)C(=O)O. The van der Waals surface area contributed by atoms with Crippen LogP contribution < -0.4 is 5.32 Å². The van der Waals surface area contributed by atoms with Gasteiger partial charge < -0.3 is 5.11 Å². The van der Waals surface area contributed by atoms with E-state index in [1.807, 2.05) is 13.8 Å². The molecule has 0 aromatic rings. The Morgan fingerprint density at radius 2 is 2.12 bits per heavy atom. The van der Waals surface area contributed by atoms with E-state index in [1.54, 1.807) is 0 Å². The highest BCUT2D eigenvalue weighted by Gasteiger charge is 2.38. The first kappa shape index (κ1) is 13.6. The summed E-state index contributed by atoms with van der Waals surface area (Å²) in [4.78, 5) is 34.9. The molecule has 2 unspecified atom stereocenters. The molecule has 1 fully saturated rings. The van der Waals surface area contributed by atoms with Crippen molar-refractivity contribution in [2.75, 3.05) is 7.05 Å². The molecule has 17 heavy (non-hydrogen) atoms. The topological polar surface area (TPSA) is 86.7 Å². The third-order valence-corrected chi connectivity index (χ3v) is 2.79. The first-order valence-corrected chi connectivity index (χ1v) is 5.62. The predicted molar refractivity (Wildman–Crippen MR) is 60.2 cm³/mol. The highest BCUT2D eigenvalue weighted by atomic mass is 16.4. The maximum atomic E-state index is 11.6. The lowest BCUT2D eigenvalue weighted by molar-refractivity contribution is -0.140. The summed E-state index contributed by atoms with van der Waals surface area (Å²) < 4.78 is 0. The largest absolute Gasteiger partial charge is 0.480 e. The van der Waals surface area contributed by atoms with Crippen LogP contribution in [0.3, 0.4) is 0 Å². The van der Waals surface area contributed by atoms with Crippen molar-refractivity contribution in [2.45, 2.75) is 38.8 Å². The van der Waals surface area contributed by atoms with Crippen molar-refractivity contribution in [3.8, 4) is 0 Å². The number of hydrogen-bond donors (Lipinski definition) is 2. The molecule has 6 nitrogen and oxygen atoms in total. The fourth-order valence-electron chi connectivity index (χ4n) is 1.84. The fraction of sp³-hybridized carbons (Fsp3) is 0.727. The normalized spacial score (nSPS) is 22.4. The summed E-state index contributed by atoms with van der Waals surface area (Å²) in [5, 5.41) is 11.8. The molecule has 0 bridgehead atoms. The minimum atomic E-state index is -0.992. The van der Waals surface area contributed by atoms with E-state index in [0.717, 1.165) is 4.90 Å². The molecule has 0 spiro atoms. The Labute approximate surface area is 100.0 Å². The quantitative estimate of drug-likeness (QED) is 0.654. The van der Waals surface area contributed by atoms with Gasteiger partial charge in [-0.2, -0.15) is 0 Å². The average Bonchev–Trinajstić information content (AvgIpc) is 2.44. The minimum absolute atomic E-state index is 0.0389. The van der Waals surface area contributed by atoms with Crippen molar-refractivity contribution < 1.29 is 19.5 Å². The van der Waals surface area contributed by atoms with E-state index in [-0.39, 0.29) is 24.2 Å². The second kappa shape index (κ2) is 5.27. The molecule has 2 amide bonds. The lowest BCUT2D eigenvalue weighted by Gasteiger charge is -2.19. The van der Waals surface area contributed by atoms with Gasteiger partial charge in [0.1, 0.15) is 6.04 Å². The Morgan fingerprint density at radius 1 is 1.53 bits per heavy atom. The van der Waals surface area contributed by atoms with E-state index in [2.05, 4.69) is 5.32 Å². The van der Waals surface area contributed by atoms with Crippen LogP contribution >= 0.6 is 0 Å². The van der Waals surface area contributed by atoms with Gasteiger partial charge in [-0.1, -0.05) is 13.8 Å². The lowest BCUT2D eigenvalue weighted by Crippen LogP contribution is -2.47. The zero-order valence-corrected chi connectivity index (χ0v) is 10.3. The van der Waals surface area contributed by atoms with Crippen LogP contribution in [0.15, 0.2) is 0 Å². The molecule has 1 rings (SSSR count). The van der Waals surface area contributed by atoms with Crippen molar-refractivity contribution in [3.05, 3.63) is 0 Å². The Hall–Kier alpha value is -1.43. The Bertz CT molecular complexity index is 340. The summed E-state index contributed by atoms with van der Waals surface area (Å²) in [6.07, 6.45) is 0.466. The van der Waals surface area contributed by atoms with Crippen LogP contribution in [0.5, 0.6) is 0 Å². The van der Waals surface area contributed by atoms with Gasteiger partial charge in [0, 0.05) is 7.05 Å². The number of carboxylic acid groups (broad SMARTS) is 1. The Kier molecular flexibility index (Phi) is 4.22. The van der Waals surface area contributed by atoms with Gasteiger partial charge in [-0.3, -0.25) is 24.6 Å². The number of nitrogens with one attached hydrogen (secondary N) is 1. The number of likely N-dealkylation sites (N-methyl/N-ethyl adjacent to an activating group) is 1. The first-order valence-electron chi connectivity index (χ1n) is 5.62. The van der Waals surface area contributed by atoms with Crippen LogP contribution in [0, 0.1) is 5.92 Å². The second-order valence-electron chi connectivity index (χ2n) is 4.73. The Morgan fingerprint density at radius 3 is 2.47 bits per heavy atom. The predicted octanol–water partition coefficient (Wildman–Crippen LogP) is -0.167. The molecule has 2 atom stereocenters. The van der Waals surface area contributed by atoms with Crippen LogP contribution in [-0.4, -0.2) is 46.9 Å². The maximum absolute atomic E-state index is 11.6. The number of carbonyl (C=O) groups excluding carboxylic acids is 2. The number of rotatable bonds is 5. The molecule has 1 saturated heterocycles. The molecule has 0 saturated carbocycles. The molecule has 96 valence electrons. The van der Waals surface area contributed by atoms with E-state index in [0.29, 0.717) is 6.42 Å². The number of amides is 2. The van der Waals surface area contributed by atoms with Gasteiger partial charge in [0.05, 0.1) is 12.5 Å². The van der Waals surface area contributed by atoms with Crippen molar-refractivity contribution in [1.82, 2.24) is 10.2 Å². The molecule has 1 heterocycles. The van der Waals surface area contributed by atoms with Crippen molar-refractivity contribution in [2.24, 2.45) is 5.92 Å². The van der Waals surface area contributed by atoms with Gasteiger partial charge >= 0.3 is 5.97 Å². The van der Waals surface area contributed by atoms with Gasteiger partial charge in [0.15, 0.2) is 0 Å². The van der Waals surface area contributed by atoms with Crippen LogP contribution in [0.25, 0.3) is 0 Å². The molecule has 0 aromatic heterocycles. The Balaban J connectivity index is 2.65. The van der Waals surface area contributed by atoms with Crippen LogP contribution in [-0.2, 0) is 14.4 Å². The molecular weight excluding hydrogens is 224 g/mol. The van der Waals surface area contributed by atoms with Crippen LogP contribution in [0.4, 0.5) is 0 Å². The number of carbonyl (C=O) groups is 3. The summed E-state index contributed by atoms with van der Waals surface area (Å²) >= 11 is 0. The zero-order valence-electron chi connectivity index (χ0n) is 10.3. The third-order valence-electron chi connectivity index (χ3n) is 2.79. The average molecular weight is 242 g/mol. The van der Waals surface area contributed by atoms with Crippen LogP contribution in [0.1, 0.15) is 26.7 Å². The van der Waals surface area contributed by atoms with E-state index in [4.69, 9.17) is 5.11 Å². The number of imide groups is 1. The first-order chi connectivity index (χ1) is 7.82. The zero-order chi connectivity index (χ0) is 13.2. The summed E-state index contributed by atoms with van der Waals surface area (Å²) in [5.41, 5.74) is 0. The van der Waals surface area contributed by atoms with Gasteiger partial charge in [0.25, 0.3) is 0 Å². The van der Waals surface area contributed by atoms with Gasteiger partial charge in [0.2, 0.25) is 11.8 Å². The highest BCUT2D eigenvalue weighted by Crippen LogP contribution is 2.13. The smallest absolute Gasteiger partial charge is 0.320 e. The number of carboxylic acids is 1. The lowest BCUT2D eigenvalue weighted by atomic mass is 10.0. The maximum Gasteiger partial charge on any atom is 0.320 e. The molecule has 2 N–H and O–H groups in total. The number of likely N-dealkylation sites (tertiary alicyclic amines) is 1. The number of nitrogens with zero attached hydrogens (tertiary/aromatic N) is 1. The number of hydrogen-bond acceptors (Lipinski definition) is 4. The summed E-state index contributed by atoms with van der Waals surface area (Å²) in [5.74, 6) is -1.42. The van der Waals surface area contributed by atoms with Crippen LogP contribution in [0.2, 0.25) is 0 Å². The summed E-state index contributed by atoms with van der Waals surface area (Å²) in [6, 6.07) is -1.49. The van der Waals surface area contributed by atoms with E-state index >= 15 is 0 Å². The molecule has 0 aromatic carbocycles. The van der Waals surface area contributed by atoms with Crippen molar-refractivity contribution in [1.29, 1.82) is 0 Å². The summed E-state index contributed by atoms with van der Waals surface area (Å²) in [7, 11) is 1.41. The van der Waals surface area contributed by atoms with E-state index < -0.39 is 18.1 Å². The molecule has 1 aliphatic rings. The molecule has 1 aliphatic heterocycles. The number of aliphatic carboxylic acids is 1.